The van der Waals surface area contributed by atoms with E-state index < -0.39 is 0 Å². The molecule has 1 N–H and O–H groups in total. The Morgan fingerprint density at radius 3 is 2.68 bits per heavy atom. The summed E-state index contributed by atoms with van der Waals surface area (Å²) in [6.45, 7) is 7.41. The van der Waals surface area contributed by atoms with Crippen LogP contribution in [0.1, 0.15) is 60.1 Å². The fourth-order valence-electron chi connectivity index (χ4n) is 4.99. The number of nitrogens with one attached hydrogen (secondary N) is 1. The summed E-state index contributed by atoms with van der Waals surface area (Å²) in [6, 6.07) is 2.33. The third-order valence-corrected chi connectivity index (χ3v) is 10.1. The summed E-state index contributed by atoms with van der Waals surface area (Å²) in [5.41, 5.74) is 4.42. The van der Waals surface area contributed by atoms with Crippen LogP contribution in [0.4, 0.5) is 5.00 Å². The lowest BCUT2D eigenvalue weighted by Gasteiger charge is -2.19. The molecule has 0 bridgehead atoms. The van der Waals surface area contributed by atoms with Crippen LogP contribution >= 0.6 is 34.4 Å². The van der Waals surface area contributed by atoms with Gasteiger partial charge in [-0.15, -0.1) is 32.9 Å². The van der Waals surface area contributed by atoms with Gasteiger partial charge >= 0.3 is 0 Å². The first kappa shape index (κ1) is 23.6. The second kappa shape index (κ2) is 9.84. The van der Waals surface area contributed by atoms with Gasteiger partial charge in [0.1, 0.15) is 11.1 Å². The molecule has 1 amide bonds. The van der Waals surface area contributed by atoms with Crippen LogP contribution in [0.25, 0.3) is 11.4 Å². The molecule has 3 aromatic rings. The van der Waals surface area contributed by atoms with Crippen molar-refractivity contribution >= 4 is 45.3 Å². The summed E-state index contributed by atoms with van der Waals surface area (Å²) in [6.07, 6.45) is 6.48. The normalized spacial score (nSPS) is 19.4. The zero-order valence-electron chi connectivity index (χ0n) is 19.8. The molecule has 178 valence electrons. The van der Waals surface area contributed by atoms with Gasteiger partial charge in [-0.2, -0.15) is 5.26 Å². The molecule has 0 spiro atoms. The number of hydrogen-bond donors (Lipinski definition) is 1. The van der Waals surface area contributed by atoms with Crippen molar-refractivity contribution in [2.24, 2.45) is 11.8 Å². The average molecular weight is 512 g/mol. The summed E-state index contributed by atoms with van der Waals surface area (Å²) < 4.78 is 2.12. The largest absolute Gasteiger partial charge is 0.316 e. The van der Waals surface area contributed by atoms with Crippen molar-refractivity contribution in [1.82, 2.24) is 14.8 Å². The molecule has 0 aromatic carbocycles. The molecule has 0 aliphatic heterocycles. The minimum absolute atomic E-state index is 0.109. The average Bonchev–Trinajstić information content (AvgIpc) is 3.50. The highest BCUT2D eigenvalue weighted by atomic mass is 32.2. The summed E-state index contributed by atoms with van der Waals surface area (Å²) in [7, 11) is 0. The van der Waals surface area contributed by atoms with Crippen molar-refractivity contribution in [2.75, 3.05) is 11.1 Å². The van der Waals surface area contributed by atoms with Gasteiger partial charge in [-0.3, -0.25) is 4.79 Å². The molecule has 2 aliphatic rings. The molecular weight excluding hydrogens is 483 g/mol. The Bertz CT molecular complexity index is 1260. The number of thiophene rings is 2. The second-order valence-electron chi connectivity index (χ2n) is 9.45. The number of carbonyl (C=O) groups excluding carboxylic acids is 1. The lowest BCUT2D eigenvalue weighted by atomic mass is 9.88. The number of hydrogen-bond acceptors (Lipinski definition) is 7. The topological polar surface area (TPSA) is 83.6 Å². The predicted molar refractivity (Wildman–Crippen MR) is 140 cm³/mol. The van der Waals surface area contributed by atoms with Crippen LogP contribution in [0.3, 0.4) is 0 Å². The number of nitriles is 1. The van der Waals surface area contributed by atoms with Gasteiger partial charge in [0, 0.05) is 27.2 Å². The fraction of sp³-hybridized carbons (Fsp3) is 0.520. The molecule has 5 rings (SSSR count). The lowest BCUT2D eigenvalue weighted by molar-refractivity contribution is -0.113. The van der Waals surface area contributed by atoms with Crippen molar-refractivity contribution in [3.05, 3.63) is 31.8 Å². The number of fused-ring (bicyclic) bond motifs is 2. The number of carbonyl (C=O) groups is 1. The van der Waals surface area contributed by atoms with E-state index in [-0.39, 0.29) is 11.7 Å². The molecule has 2 aliphatic carbocycles. The van der Waals surface area contributed by atoms with Crippen LogP contribution in [0.15, 0.2) is 10.5 Å². The van der Waals surface area contributed by atoms with E-state index in [1.807, 2.05) is 11.3 Å². The van der Waals surface area contributed by atoms with Crippen LogP contribution in [0.2, 0.25) is 0 Å². The van der Waals surface area contributed by atoms with E-state index in [2.05, 4.69) is 52.3 Å². The van der Waals surface area contributed by atoms with Gasteiger partial charge in [0.25, 0.3) is 0 Å². The molecule has 0 fully saturated rings. The smallest absolute Gasteiger partial charge is 0.235 e. The van der Waals surface area contributed by atoms with Gasteiger partial charge in [0.05, 0.1) is 11.3 Å². The Hall–Kier alpha value is -2.15. The van der Waals surface area contributed by atoms with E-state index >= 15 is 0 Å². The standard InChI is InChI=1S/C25H29N5OS3/c1-4-30-23(19-12-32-20-9-14(2)6-8-17(19)20)28-29-25(30)33-13-22(31)27-24-18(11-26)16-7-5-15(3)10-21(16)34-24/h12,14-15H,4-10,13H2,1-3H3,(H,27,31). The zero-order chi connectivity index (χ0) is 23.8. The number of nitrogens with zero attached hydrogens (tertiary/aromatic N) is 4. The molecule has 2 atom stereocenters. The number of amides is 1. The molecule has 0 radical (unpaired) electrons. The number of anilines is 1. The predicted octanol–water partition coefficient (Wildman–Crippen LogP) is 5.94. The van der Waals surface area contributed by atoms with E-state index in [0.29, 0.717) is 16.5 Å². The Morgan fingerprint density at radius 2 is 1.94 bits per heavy atom. The van der Waals surface area contributed by atoms with Gasteiger partial charge in [-0.1, -0.05) is 25.6 Å². The number of thioether (sulfide) groups is 1. The molecule has 9 heteroatoms. The Balaban J connectivity index is 1.29. The van der Waals surface area contributed by atoms with E-state index in [4.69, 9.17) is 0 Å². The van der Waals surface area contributed by atoms with Crippen LogP contribution in [-0.4, -0.2) is 26.4 Å². The molecule has 6 nitrogen and oxygen atoms in total. The first-order valence-corrected chi connectivity index (χ1v) is 14.7. The molecular formula is C25H29N5OS3. The van der Waals surface area contributed by atoms with E-state index in [0.717, 1.165) is 61.1 Å². The number of rotatable bonds is 6. The SMILES string of the molecule is CCn1c(SCC(=O)Nc2sc3c(c2C#N)CCC(C)C3)nnc1-c1csc2c1CCC(C)C2. The van der Waals surface area contributed by atoms with E-state index in [1.165, 1.54) is 39.1 Å². The molecule has 34 heavy (non-hydrogen) atoms. The Morgan fingerprint density at radius 1 is 1.21 bits per heavy atom. The summed E-state index contributed by atoms with van der Waals surface area (Å²) in [4.78, 5) is 15.5. The maximum Gasteiger partial charge on any atom is 0.235 e. The van der Waals surface area contributed by atoms with Crippen LogP contribution in [0.5, 0.6) is 0 Å². The van der Waals surface area contributed by atoms with Gasteiger partial charge in [0.15, 0.2) is 11.0 Å². The van der Waals surface area contributed by atoms with Crippen molar-refractivity contribution in [3.63, 3.8) is 0 Å². The highest BCUT2D eigenvalue weighted by Crippen LogP contribution is 2.40. The zero-order valence-corrected chi connectivity index (χ0v) is 22.3. The Labute approximate surface area is 212 Å². The van der Waals surface area contributed by atoms with E-state index in [1.54, 1.807) is 11.3 Å². The van der Waals surface area contributed by atoms with Crippen molar-refractivity contribution in [2.45, 2.75) is 71.0 Å². The van der Waals surface area contributed by atoms with E-state index in [9.17, 15) is 10.1 Å². The van der Waals surface area contributed by atoms with Crippen LogP contribution in [-0.2, 0) is 37.0 Å². The van der Waals surface area contributed by atoms with Crippen LogP contribution < -0.4 is 5.32 Å². The molecule has 2 unspecified atom stereocenters. The van der Waals surface area contributed by atoms with Gasteiger partial charge in [0.2, 0.25) is 5.91 Å². The summed E-state index contributed by atoms with van der Waals surface area (Å²) in [5, 5.41) is 25.3. The van der Waals surface area contributed by atoms with Crippen molar-refractivity contribution in [1.29, 1.82) is 5.26 Å². The quantitative estimate of drug-likeness (QED) is 0.414. The second-order valence-corrected chi connectivity index (χ2v) is 12.5. The highest BCUT2D eigenvalue weighted by Gasteiger charge is 2.26. The third kappa shape index (κ3) is 4.43. The highest BCUT2D eigenvalue weighted by molar-refractivity contribution is 7.99. The monoisotopic (exact) mass is 511 g/mol. The summed E-state index contributed by atoms with van der Waals surface area (Å²) in [5.74, 6) is 2.41. The van der Waals surface area contributed by atoms with Crippen molar-refractivity contribution < 1.29 is 4.79 Å². The minimum Gasteiger partial charge on any atom is -0.316 e. The lowest BCUT2D eigenvalue weighted by Crippen LogP contribution is -2.15. The first-order chi connectivity index (χ1) is 16.5. The van der Waals surface area contributed by atoms with Gasteiger partial charge in [-0.25, -0.2) is 0 Å². The first-order valence-electron chi connectivity index (χ1n) is 12.0. The fourth-order valence-corrected chi connectivity index (χ4v) is 8.42. The summed E-state index contributed by atoms with van der Waals surface area (Å²) >= 11 is 4.81. The maximum atomic E-state index is 12.8. The van der Waals surface area contributed by atoms with Gasteiger partial charge < -0.3 is 9.88 Å². The molecule has 0 saturated heterocycles. The molecule has 3 aromatic heterocycles. The Kier molecular flexibility index (Phi) is 6.83. The maximum absolute atomic E-state index is 12.8. The van der Waals surface area contributed by atoms with Crippen LogP contribution in [0, 0.1) is 23.2 Å². The molecule has 3 heterocycles. The third-order valence-electron chi connectivity index (χ3n) is 6.88. The van der Waals surface area contributed by atoms with Gasteiger partial charge in [-0.05, 0) is 68.4 Å². The number of aromatic nitrogens is 3. The minimum atomic E-state index is -0.109. The molecule has 0 saturated carbocycles. The van der Waals surface area contributed by atoms with Crippen molar-refractivity contribution in [3.8, 4) is 17.5 Å².